The van der Waals surface area contributed by atoms with Crippen molar-refractivity contribution in [3.8, 4) is 17.2 Å². The highest BCUT2D eigenvalue weighted by Gasteiger charge is 2.23. The molecule has 5 aromatic rings. The normalized spacial score (nSPS) is 11.2. The number of ketones is 1. The predicted octanol–water partition coefficient (Wildman–Crippen LogP) is 5.05. The Kier molecular flexibility index (Phi) is 10.3. The SMILES string of the molecule is CCn1nc(C)cc1C(=O)Nc1nc2cc(C(N)=O)ccc2n1CCCCOc1c(C(=O)CCC(=O)O)sc2cc(OC)c(OC)cc12. The number of carboxylic acids is 1. The number of carbonyl (C=O) groups is 4. The number of hydrogen-bond acceptors (Lipinski definition) is 10. The standard InChI is InChI=1S/C33H36N6O8S/c1-5-39-23(14-18(2)37-39)32(44)36-33-35-21-15-19(31(34)43)8-9-22(21)38(33)12-6-7-13-47-29-20-16-25(45-3)26(46-4)17-27(20)48-30(29)24(40)10-11-28(41)42/h8-9,14-17H,5-7,10-13H2,1-4H3,(H2,34,43)(H,41,42)(H,35,36,44). The van der Waals surface area contributed by atoms with E-state index in [9.17, 15) is 19.2 Å². The van der Waals surface area contributed by atoms with Gasteiger partial charge in [-0.25, -0.2) is 4.98 Å². The summed E-state index contributed by atoms with van der Waals surface area (Å²) in [7, 11) is 3.03. The van der Waals surface area contributed by atoms with Crippen LogP contribution in [0, 0.1) is 6.92 Å². The van der Waals surface area contributed by atoms with Crippen molar-refractivity contribution in [2.45, 2.75) is 52.6 Å². The molecule has 0 radical (unpaired) electrons. The maximum absolute atomic E-state index is 13.3. The van der Waals surface area contributed by atoms with Crippen LogP contribution in [0.5, 0.6) is 17.2 Å². The van der Waals surface area contributed by atoms with Crippen LogP contribution in [-0.4, -0.2) is 68.8 Å². The first-order chi connectivity index (χ1) is 23.0. The number of benzene rings is 2. The fraction of sp³-hybridized carbons (Fsp3) is 0.333. The molecule has 0 saturated heterocycles. The van der Waals surface area contributed by atoms with E-state index < -0.39 is 11.9 Å². The number of aromatic nitrogens is 4. The lowest BCUT2D eigenvalue weighted by molar-refractivity contribution is -0.136. The lowest BCUT2D eigenvalue weighted by Gasteiger charge is -2.12. The molecule has 3 heterocycles. The molecule has 3 aromatic heterocycles. The number of nitrogens with one attached hydrogen (secondary N) is 1. The van der Waals surface area contributed by atoms with Crippen LogP contribution in [0.1, 0.15) is 68.8 Å². The molecule has 15 heteroatoms. The molecule has 0 bridgehead atoms. The van der Waals surface area contributed by atoms with E-state index in [0.29, 0.717) is 87.4 Å². The summed E-state index contributed by atoms with van der Waals surface area (Å²) in [6, 6.07) is 10.1. The zero-order valence-corrected chi connectivity index (χ0v) is 27.8. The van der Waals surface area contributed by atoms with Gasteiger partial charge in [-0.05, 0) is 57.0 Å². The van der Waals surface area contributed by atoms with Gasteiger partial charge in [0.15, 0.2) is 17.3 Å². The Morgan fingerprint density at radius 2 is 1.77 bits per heavy atom. The molecule has 0 saturated carbocycles. The number of aliphatic carboxylic acids is 1. The Morgan fingerprint density at radius 1 is 1.02 bits per heavy atom. The summed E-state index contributed by atoms with van der Waals surface area (Å²) < 4.78 is 21.3. The van der Waals surface area contributed by atoms with Crippen LogP contribution in [0.4, 0.5) is 5.95 Å². The average molecular weight is 677 g/mol. The monoisotopic (exact) mass is 676 g/mol. The molecule has 48 heavy (non-hydrogen) atoms. The first-order valence-corrected chi connectivity index (χ1v) is 16.1. The van der Waals surface area contributed by atoms with Crippen molar-refractivity contribution in [2.24, 2.45) is 5.73 Å². The van der Waals surface area contributed by atoms with Crippen molar-refractivity contribution < 1.29 is 38.5 Å². The van der Waals surface area contributed by atoms with Crippen molar-refractivity contribution in [3.63, 3.8) is 0 Å². The molecule has 0 fully saturated rings. The molecule has 0 atom stereocenters. The minimum atomic E-state index is -1.06. The molecule has 5 rings (SSSR count). The second kappa shape index (κ2) is 14.5. The lowest BCUT2D eigenvalue weighted by Crippen LogP contribution is -2.20. The summed E-state index contributed by atoms with van der Waals surface area (Å²) in [6.45, 7) is 4.91. The van der Waals surface area contributed by atoms with Crippen LogP contribution >= 0.6 is 11.3 Å². The summed E-state index contributed by atoms with van der Waals surface area (Å²) in [5.74, 6) is -0.713. The van der Waals surface area contributed by atoms with Gasteiger partial charge in [-0.15, -0.1) is 11.3 Å². The van der Waals surface area contributed by atoms with Crippen molar-refractivity contribution in [3.05, 3.63) is 58.2 Å². The Morgan fingerprint density at radius 3 is 2.46 bits per heavy atom. The second-order valence-corrected chi connectivity index (χ2v) is 12.0. The van der Waals surface area contributed by atoms with Crippen LogP contribution < -0.4 is 25.3 Å². The number of hydrogen-bond donors (Lipinski definition) is 3. The number of nitrogens with zero attached hydrogens (tertiary/aromatic N) is 4. The number of amides is 2. The molecule has 0 aliphatic carbocycles. The van der Waals surface area contributed by atoms with E-state index in [0.717, 1.165) is 4.70 Å². The number of aryl methyl sites for hydroxylation is 3. The van der Waals surface area contributed by atoms with Gasteiger partial charge in [0.2, 0.25) is 11.9 Å². The van der Waals surface area contributed by atoms with Gasteiger partial charge in [0.1, 0.15) is 16.3 Å². The number of carbonyl (C=O) groups excluding carboxylic acids is 3. The molecular weight excluding hydrogens is 640 g/mol. The first kappa shape index (κ1) is 33.9. The molecule has 2 amide bonds. The van der Waals surface area contributed by atoms with Crippen molar-refractivity contribution in [1.29, 1.82) is 0 Å². The topological polar surface area (TPSA) is 190 Å². The summed E-state index contributed by atoms with van der Waals surface area (Å²) in [4.78, 5) is 54.3. The van der Waals surface area contributed by atoms with Gasteiger partial charge in [0.25, 0.3) is 5.91 Å². The van der Waals surface area contributed by atoms with E-state index in [1.165, 1.54) is 25.6 Å². The zero-order chi connectivity index (χ0) is 34.5. The molecule has 252 valence electrons. The smallest absolute Gasteiger partial charge is 0.303 e. The van der Waals surface area contributed by atoms with E-state index in [1.807, 2.05) is 18.4 Å². The van der Waals surface area contributed by atoms with E-state index in [-0.39, 0.29) is 31.1 Å². The number of carboxylic acid groups (broad SMARTS) is 1. The van der Waals surface area contributed by atoms with E-state index in [1.54, 1.807) is 41.1 Å². The molecule has 0 spiro atoms. The molecule has 0 aliphatic rings. The van der Waals surface area contributed by atoms with Crippen LogP contribution in [-0.2, 0) is 17.9 Å². The number of unbranched alkanes of at least 4 members (excludes halogenated alkanes) is 1. The van der Waals surface area contributed by atoms with Gasteiger partial charge in [0, 0.05) is 41.2 Å². The summed E-state index contributed by atoms with van der Waals surface area (Å²) in [5, 5.41) is 17.0. The number of nitrogens with two attached hydrogens (primary N) is 1. The first-order valence-electron chi connectivity index (χ1n) is 15.3. The fourth-order valence-corrected chi connectivity index (χ4v) is 6.47. The van der Waals surface area contributed by atoms with Crippen molar-refractivity contribution in [2.75, 3.05) is 26.1 Å². The summed E-state index contributed by atoms with van der Waals surface area (Å²) >= 11 is 1.21. The Hall–Kier alpha value is -5.44. The van der Waals surface area contributed by atoms with Gasteiger partial charge in [-0.1, -0.05) is 0 Å². The van der Waals surface area contributed by atoms with Gasteiger partial charge in [-0.3, -0.25) is 29.2 Å². The molecule has 14 nitrogen and oxygen atoms in total. The molecule has 2 aromatic carbocycles. The van der Waals surface area contributed by atoms with Gasteiger partial charge in [-0.2, -0.15) is 5.10 Å². The highest BCUT2D eigenvalue weighted by atomic mass is 32.1. The highest BCUT2D eigenvalue weighted by molar-refractivity contribution is 7.21. The number of imidazole rings is 1. The minimum Gasteiger partial charge on any atom is -0.493 e. The highest BCUT2D eigenvalue weighted by Crippen LogP contribution is 2.44. The summed E-state index contributed by atoms with van der Waals surface area (Å²) in [6.07, 6.45) is 0.699. The van der Waals surface area contributed by atoms with Crippen LogP contribution in [0.2, 0.25) is 0 Å². The number of methoxy groups -OCH3 is 2. The number of Topliss-reactive ketones (excluding diaryl/α,β-unsaturated/α-hetero) is 1. The number of primary amides is 1. The Balaban J connectivity index is 1.36. The minimum absolute atomic E-state index is 0.162. The third-order valence-electron chi connectivity index (χ3n) is 7.68. The second-order valence-electron chi connectivity index (χ2n) is 10.9. The number of rotatable bonds is 16. The summed E-state index contributed by atoms with van der Waals surface area (Å²) in [5.41, 5.74) is 8.09. The van der Waals surface area contributed by atoms with Crippen LogP contribution in [0.15, 0.2) is 36.4 Å². The maximum atomic E-state index is 13.3. The van der Waals surface area contributed by atoms with E-state index >= 15 is 0 Å². The molecule has 0 aliphatic heterocycles. The van der Waals surface area contributed by atoms with Gasteiger partial charge in [0.05, 0.1) is 44.0 Å². The largest absolute Gasteiger partial charge is 0.493 e. The fourth-order valence-electron chi connectivity index (χ4n) is 5.35. The zero-order valence-electron chi connectivity index (χ0n) is 27.0. The lowest BCUT2D eigenvalue weighted by atomic mass is 10.1. The molecule has 0 unspecified atom stereocenters. The molecule has 4 N–H and O–H groups in total. The Bertz CT molecular complexity index is 2030. The number of ether oxygens (including phenoxy) is 3. The quantitative estimate of drug-likeness (QED) is 0.0942. The predicted molar refractivity (Wildman–Crippen MR) is 180 cm³/mol. The van der Waals surface area contributed by atoms with Gasteiger partial charge < -0.3 is 29.6 Å². The maximum Gasteiger partial charge on any atom is 0.303 e. The number of anilines is 1. The van der Waals surface area contributed by atoms with Gasteiger partial charge >= 0.3 is 5.97 Å². The molecular formula is C33H36N6O8S. The Labute approximate surface area is 279 Å². The van der Waals surface area contributed by atoms with E-state index in [4.69, 9.17) is 25.1 Å². The number of thiophene rings is 1. The van der Waals surface area contributed by atoms with Crippen molar-refractivity contribution >= 4 is 62.0 Å². The van der Waals surface area contributed by atoms with Crippen LogP contribution in [0.3, 0.4) is 0 Å². The van der Waals surface area contributed by atoms with Crippen LogP contribution in [0.25, 0.3) is 21.1 Å². The van der Waals surface area contributed by atoms with Crippen molar-refractivity contribution in [1.82, 2.24) is 19.3 Å². The van der Waals surface area contributed by atoms with E-state index in [2.05, 4.69) is 15.4 Å². The third-order valence-corrected chi connectivity index (χ3v) is 8.86. The number of fused-ring (bicyclic) bond motifs is 2. The third kappa shape index (κ3) is 7.10. The average Bonchev–Trinajstić information content (AvgIpc) is 3.74.